The van der Waals surface area contributed by atoms with Crippen LogP contribution in [0.3, 0.4) is 0 Å². The summed E-state index contributed by atoms with van der Waals surface area (Å²) in [6, 6.07) is 45.3. The topological polar surface area (TPSA) is 18.5 Å². The van der Waals surface area contributed by atoms with E-state index in [1.165, 1.54) is 16.0 Å². The van der Waals surface area contributed by atoms with Crippen molar-refractivity contribution in [3.8, 4) is 11.1 Å². The van der Waals surface area contributed by atoms with E-state index in [0.717, 1.165) is 39.6 Å². The molecule has 198 valence electrons. The zero-order valence-electron chi connectivity index (χ0n) is 22.6. The van der Waals surface area contributed by atoms with Gasteiger partial charge >= 0.3 is 0 Å². The third-order valence-corrected chi connectivity index (χ3v) is 8.90. The van der Waals surface area contributed by atoms with Crippen LogP contribution in [-0.2, 0) is 0 Å². The molecule has 0 amide bonds. The van der Waals surface area contributed by atoms with Crippen molar-refractivity contribution in [2.45, 2.75) is 10.0 Å². The van der Waals surface area contributed by atoms with E-state index in [1.807, 2.05) is 30.0 Å². The quantitative estimate of drug-likeness (QED) is 0.213. The van der Waals surface area contributed by atoms with Crippen LogP contribution < -0.4 is 15.1 Å². The highest BCUT2D eigenvalue weighted by atomic mass is 32.2. The van der Waals surface area contributed by atoms with Crippen LogP contribution in [0.25, 0.3) is 16.7 Å². The van der Waals surface area contributed by atoms with Crippen LogP contribution in [0, 0.1) is 0 Å². The summed E-state index contributed by atoms with van der Waals surface area (Å²) >= 11 is 1.83. The zero-order valence-corrected chi connectivity index (χ0v) is 23.4. The minimum absolute atomic E-state index is 0.669. The summed E-state index contributed by atoms with van der Waals surface area (Å²) in [6.45, 7) is 7.95. The van der Waals surface area contributed by atoms with Crippen molar-refractivity contribution in [1.29, 1.82) is 0 Å². The van der Waals surface area contributed by atoms with Gasteiger partial charge in [-0.05, 0) is 82.6 Å². The number of nitrogens with zero attached hydrogens (tertiary/aromatic N) is 2. The van der Waals surface area contributed by atoms with E-state index in [1.54, 1.807) is 0 Å². The summed E-state index contributed by atoms with van der Waals surface area (Å²) in [4.78, 5) is 6.09. The Hall–Kier alpha value is -4.93. The first-order valence-corrected chi connectivity index (χ1v) is 14.5. The lowest BCUT2D eigenvalue weighted by atomic mass is 10.0. The molecular weight excluding hydrogens is 518 g/mol. The van der Waals surface area contributed by atoms with Crippen molar-refractivity contribution < 1.29 is 0 Å². The molecule has 7 rings (SSSR count). The Bertz CT molecular complexity index is 1780. The molecule has 2 aliphatic heterocycles. The Balaban J connectivity index is 1.45. The molecule has 0 saturated carbocycles. The maximum atomic E-state index is 4.05. The largest absolute Gasteiger partial charge is 0.335 e. The van der Waals surface area contributed by atoms with Crippen molar-refractivity contribution in [2.75, 3.05) is 15.1 Å². The van der Waals surface area contributed by atoms with Crippen LogP contribution in [0.4, 0.5) is 28.4 Å². The fourth-order valence-electron chi connectivity index (χ4n) is 5.80. The van der Waals surface area contributed by atoms with Crippen LogP contribution in [-0.4, -0.2) is 5.12 Å². The molecule has 1 unspecified atom stereocenters. The first-order valence-electron chi connectivity index (χ1n) is 13.7. The van der Waals surface area contributed by atoms with E-state index in [2.05, 4.69) is 156 Å². The van der Waals surface area contributed by atoms with E-state index in [0.29, 0.717) is 0 Å². The predicted octanol–water partition coefficient (Wildman–Crippen LogP) is 10.2. The molecule has 0 bridgehead atoms. The van der Waals surface area contributed by atoms with Gasteiger partial charge in [-0.1, -0.05) is 110 Å². The van der Waals surface area contributed by atoms with Gasteiger partial charge in [0.2, 0.25) is 0 Å². The number of nitrogens with one attached hydrogen (secondary N) is 1. The molecule has 0 saturated heterocycles. The average molecular weight is 548 g/mol. The molecule has 5 aromatic rings. The summed E-state index contributed by atoms with van der Waals surface area (Å²) in [5.41, 5.74) is 10.1. The van der Waals surface area contributed by atoms with Gasteiger partial charge in [0.15, 0.2) is 0 Å². The molecule has 1 spiro atoms. The molecule has 0 aliphatic carbocycles. The van der Waals surface area contributed by atoms with E-state index in [9.17, 15) is 0 Å². The number of hydrogen-bond acceptors (Lipinski definition) is 4. The number of anilines is 5. The second-order valence-corrected chi connectivity index (χ2v) is 11.2. The van der Waals surface area contributed by atoms with Crippen molar-refractivity contribution in [2.24, 2.45) is 0 Å². The molecule has 3 nitrogen and oxygen atoms in total. The highest BCUT2D eigenvalue weighted by molar-refractivity contribution is 8.01. The third-order valence-electron chi connectivity index (χ3n) is 7.57. The average Bonchev–Trinajstić information content (AvgIpc) is 3.54. The maximum Gasteiger partial charge on any atom is 0.254 e. The molecular formula is C37H29N3S. The smallest absolute Gasteiger partial charge is 0.254 e. The maximum absolute atomic E-state index is 4.05. The van der Waals surface area contributed by atoms with Gasteiger partial charge in [-0.15, -0.1) is 0 Å². The Kier molecular flexibility index (Phi) is 6.26. The summed E-state index contributed by atoms with van der Waals surface area (Å²) < 4.78 is 0. The summed E-state index contributed by atoms with van der Waals surface area (Å²) in [6.07, 6.45) is 5.69. The molecule has 2 aliphatic rings. The monoisotopic (exact) mass is 547 g/mol. The van der Waals surface area contributed by atoms with Crippen LogP contribution in [0.15, 0.2) is 164 Å². The Morgan fingerprint density at radius 2 is 1.29 bits per heavy atom. The summed E-state index contributed by atoms with van der Waals surface area (Å²) in [5, 5.41) is 3.30. The molecule has 1 atom stereocenters. The van der Waals surface area contributed by atoms with Gasteiger partial charge in [-0.2, -0.15) is 0 Å². The van der Waals surface area contributed by atoms with E-state index < -0.39 is 5.12 Å². The zero-order chi connectivity index (χ0) is 27.8. The van der Waals surface area contributed by atoms with Crippen molar-refractivity contribution >= 4 is 45.8 Å². The number of benzene rings is 5. The Morgan fingerprint density at radius 3 is 2.00 bits per heavy atom. The molecule has 0 aromatic heterocycles. The van der Waals surface area contributed by atoms with Gasteiger partial charge in [-0.3, -0.25) is 9.80 Å². The molecule has 5 aromatic carbocycles. The molecule has 4 heteroatoms. The lowest BCUT2D eigenvalue weighted by Gasteiger charge is -2.42. The van der Waals surface area contributed by atoms with Crippen LogP contribution in [0.1, 0.15) is 5.56 Å². The number of allylic oxidation sites excluding steroid dienone is 4. The van der Waals surface area contributed by atoms with Gasteiger partial charge in [0.1, 0.15) is 0 Å². The SMILES string of the molecule is C=C/C=C(\C=C)c1cccc(N2c3ccccc3N(c3cccc(-c4ccccc4)c3)C23Nc2ccccc2S3)c1. The van der Waals surface area contributed by atoms with Gasteiger partial charge in [0, 0.05) is 16.3 Å². The van der Waals surface area contributed by atoms with Crippen LogP contribution >= 0.6 is 11.8 Å². The number of fused-ring (bicyclic) bond motifs is 2. The number of para-hydroxylation sites is 3. The first-order chi connectivity index (χ1) is 20.2. The van der Waals surface area contributed by atoms with Gasteiger partial charge in [0.25, 0.3) is 5.12 Å². The molecule has 1 N–H and O–H groups in total. The van der Waals surface area contributed by atoms with Crippen LogP contribution in [0.2, 0.25) is 0 Å². The van der Waals surface area contributed by atoms with Crippen molar-refractivity contribution in [3.05, 3.63) is 164 Å². The second-order valence-electron chi connectivity index (χ2n) is 10.0. The van der Waals surface area contributed by atoms with Crippen molar-refractivity contribution in [1.82, 2.24) is 0 Å². The van der Waals surface area contributed by atoms with E-state index >= 15 is 0 Å². The van der Waals surface area contributed by atoms with E-state index in [-0.39, 0.29) is 0 Å². The second kappa shape index (κ2) is 10.2. The minimum Gasteiger partial charge on any atom is -0.335 e. The first kappa shape index (κ1) is 25.1. The lowest BCUT2D eigenvalue weighted by molar-refractivity contribution is 0.723. The molecule has 0 fully saturated rings. The summed E-state index contributed by atoms with van der Waals surface area (Å²) in [7, 11) is 0. The number of hydrogen-bond donors (Lipinski definition) is 1. The normalized spacial score (nSPS) is 17.2. The minimum atomic E-state index is -0.669. The number of rotatable bonds is 6. The van der Waals surface area contributed by atoms with Crippen LogP contribution in [0.5, 0.6) is 0 Å². The number of thioether (sulfide) groups is 1. The van der Waals surface area contributed by atoms with Gasteiger partial charge in [-0.25, -0.2) is 0 Å². The van der Waals surface area contributed by atoms with E-state index in [4.69, 9.17) is 0 Å². The third kappa shape index (κ3) is 4.16. The highest BCUT2D eigenvalue weighted by Gasteiger charge is 2.55. The molecule has 41 heavy (non-hydrogen) atoms. The Labute approximate surface area is 245 Å². The van der Waals surface area contributed by atoms with Crippen molar-refractivity contribution in [3.63, 3.8) is 0 Å². The van der Waals surface area contributed by atoms with Gasteiger partial charge < -0.3 is 5.32 Å². The van der Waals surface area contributed by atoms with Gasteiger partial charge in [0.05, 0.1) is 17.1 Å². The lowest BCUT2D eigenvalue weighted by Crippen LogP contribution is -2.55. The highest BCUT2D eigenvalue weighted by Crippen LogP contribution is 2.61. The summed E-state index contributed by atoms with van der Waals surface area (Å²) in [5.74, 6) is 0. The fourth-order valence-corrected chi connectivity index (χ4v) is 7.24. The Morgan fingerprint density at radius 1 is 0.659 bits per heavy atom. The molecule has 0 radical (unpaired) electrons. The predicted molar refractivity (Wildman–Crippen MR) is 176 cm³/mol. The molecule has 2 heterocycles. The fraction of sp³-hybridized carbons (Fsp3) is 0.0270. The standard InChI is InChI=1S/C37H29N3S/c1-3-14-27(4-2)29-17-12-19-31(25-29)39-34-22-9-10-23-35(34)40(37(39)38-33-21-8-11-24-36(33)41-37)32-20-13-18-30(26-32)28-15-6-5-7-16-28/h3-26,38H,1-2H2/b27-14+.